The number of carboxylic acids is 1. The molecule has 4 unspecified atom stereocenters. The number of hydrogen-bond acceptors (Lipinski definition) is 6. The fourth-order valence-corrected chi connectivity index (χ4v) is 8.37. The van der Waals surface area contributed by atoms with Gasteiger partial charge in [-0.25, -0.2) is 0 Å². The molecule has 1 aromatic rings. The Kier molecular flexibility index (Phi) is 7.29. The highest BCUT2D eigenvalue weighted by Gasteiger charge is 2.57. The maximum absolute atomic E-state index is 14.4. The first-order chi connectivity index (χ1) is 19.0. The van der Waals surface area contributed by atoms with E-state index in [0.717, 1.165) is 43.2 Å². The molecule has 2 saturated heterocycles. The number of likely N-dealkylation sites (tertiary alicyclic amines) is 1. The largest absolute Gasteiger partial charge is 0.598 e. The molecule has 1 spiro atoms. The third-order valence-corrected chi connectivity index (χ3v) is 11.5. The third kappa shape index (κ3) is 4.78. The van der Waals surface area contributed by atoms with Crippen LogP contribution >= 0.6 is 11.6 Å². The average molecular weight is 592 g/mol. The van der Waals surface area contributed by atoms with Gasteiger partial charge in [0.05, 0.1) is 17.9 Å². The van der Waals surface area contributed by atoms with Crippen molar-refractivity contribution in [1.29, 1.82) is 0 Å². The lowest BCUT2D eigenvalue weighted by Crippen LogP contribution is -2.54. The van der Waals surface area contributed by atoms with E-state index in [1.165, 1.54) is 0 Å². The summed E-state index contributed by atoms with van der Waals surface area (Å²) < 4.78 is 20.5. The molecule has 11 heteroatoms. The molecule has 5 atom stereocenters. The highest BCUT2D eigenvalue weighted by atomic mass is 35.5. The number of benzene rings is 1. The zero-order chi connectivity index (χ0) is 28.4. The van der Waals surface area contributed by atoms with E-state index >= 15 is 0 Å². The van der Waals surface area contributed by atoms with Gasteiger partial charge in [0.15, 0.2) is 0 Å². The van der Waals surface area contributed by atoms with Crippen LogP contribution in [0, 0.1) is 16.7 Å². The number of fused-ring (bicyclic) bond motifs is 1. The summed E-state index contributed by atoms with van der Waals surface area (Å²) in [5.41, 5.74) is 0.433. The lowest BCUT2D eigenvalue weighted by molar-refractivity contribution is -0.165. The number of rotatable bonds is 6. The van der Waals surface area contributed by atoms with E-state index in [9.17, 15) is 24.0 Å². The van der Waals surface area contributed by atoms with E-state index in [1.54, 1.807) is 18.1 Å². The summed E-state index contributed by atoms with van der Waals surface area (Å²) in [5.74, 6) is -1.21. The number of hydrogen-bond donors (Lipinski definition) is 1. The first-order valence-corrected chi connectivity index (χ1v) is 16.3. The number of halogens is 1. The van der Waals surface area contributed by atoms with E-state index in [-0.39, 0.29) is 23.3 Å². The second-order valence-electron chi connectivity index (χ2n) is 12.7. The molecule has 2 amide bonds. The fraction of sp³-hybridized carbons (Fsp3) is 0.690. The predicted octanol–water partition coefficient (Wildman–Crippen LogP) is 3.76. The van der Waals surface area contributed by atoms with Crippen molar-refractivity contribution >= 4 is 40.7 Å². The van der Waals surface area contributed by atoms with Crippen LogP contribution in [0.15, 0.2) is 12.1 Å². The molecule has 1 aromatic carbocycles. The Bertz CT molecular complexity index is 1220. The van der Waals surface area contributed by atoms with E-state index in [2.05, 4.69) is 0 Å². The van der Waals surface area contributed by atoms with Gasteiger partial charge in [0.2, 0.25) is 11.8 Å². The van der Waals surface area contributed by atoms with Gasteiger partial charge in [-0.3, -0.25) is 14.4 Å². The number of aliphatic carboxylic acids is 1. The molecule has 3 aliphatic heterocycles. The maximum Gasteiger partial charge on any atom is 0.310 e. The summed E-state index contributed by atoms with van der Waals surface area (Å²) in [6, 6.07) is 3.63. The van der Waals surface area contributed by atoms with Crippen LogP contribution in [0.25, 0.3) is 0 Å². The summed E-state index contributed by atoms with van der Waals surface area (Å²) >= 11 is 5.66. The van der Waals surface area contributed by atoms with Gasteiger partial charge < -0.3 is 24.2 Å². The van der Waals surface area contributed by atoms with E-state index in [0.29, 0.717) is 62.6 Å². The molecule has 0 radical (unpaired) electrons. The van der Waals surface area contributed by atoms with Gasteiger partial charge in [0.1, 0.15) is 24.3 Å². The molecule has 0 bridgehead atoms. The number of amides is 2. The van der Waals surface area contributed by atoms with Crippen molar-refractivity contribution in [1.82, 2.24) is 14.1 Å². The summed E-state index contributed by atoms with van der Waals surface area (Å²) in [6.07, 6.45) is 7.00. The highest BCUT2D eigenvalue weighted by Crippen LogP contribution is 2.56. The second kappa shape index (κ2) is 10.4. The minimum atomic E-state index is -1.15. The van der Waals surface area contributed by atoms with Gasteiger partial charge in [-0.2, -0.15) is 0 Å². The molecule has 6 rings (SSSR count). The normalized spacial score (nSPS) is 32.3. The van der Waals surface area contributed by atoms with Gasteiger partial charge >= 0.3 is 5.97 Å². The number of nitrogens with zero attached hydrogens (tertiary/aromatic N) is 3. The molecule has 2 saturated carbocycles. The van der Waals surface area contributed by atoms with Gasteiger partial charge in [0.25, 0.3) is 0 Å². The molecular formula is C29H38ClN3O6S. The summed E-state index contributed by atoms with van der Waals surface area (Å²) in [4.78, 5) is 44.0. The van der Waals surface area contributed by atoms with Gasteiger partial charge in [0, 0.05) is 54.4 Å². The van der Waals surface area contributed by atoms with Crippen LogP contribution in [0.1, 0.15) is 75.6 Å². The Morgan fingerprint density at radius 1 is 1.18 bits per heavy atom. The quantitative estimate of drug-likeness (QED) is 0.501. The van der Waals surface area contributed by atoms with Crippen LogP contribution < -0.4 is 4.74 Å². The monoisotopic (exact) mass is 591 g/mol. The van der Waals surface area contributed by atoms with Crippen molar-refractivity contribution in [3.05, 3.63) is 28.3 Å². The second-order valence-corrected chi connectivity index (χ2v) is 14.4. The van der Waals surface area contributed by atoms with Crippen LogP contribution in [0.3, 0.4) is 0 Å². The molecule has 9 nitrogen and oxygen atoms in total. The van der Waals surface area contributed by atoms with Crippen LogP contribution in [-0.2, 0) is 32.2 Å². The van der Waals surface area contributed by atoms with Gasteiger partial charge in [-0.1, -0.05) is 24.4 Å². The Labute approximate surface area is 243 Å². The molecule has 5 aliphatic rings. The predicted molar refractivity (Wildman–Crippen MR) is 150 cm³/mol. The topological polar surface area (TPSA) is 113 Å². The minimum absolute atomic E-state index is 0.0112. The van der Waals surface area contributed by atoms with Crippen LogP contribution in [0.4, 0.5) is 0 Å². The Morgan fingerprint density at radius 2 is 1.95 bits per heavy atom. The molecule has 218 valence electrons. The molecule has 4 fully saturated rings. The summed E-state index contributed by atoms with van der Waals surface area (Å²) in [7, 11) is 0. The molecule has 3 heterocycles. The third-order valence-electron chi connectivity index (χ3n) is 10.1. The number of carbonyl (C=O) groups excluding carboxylic acids is 2. The van der Waals surface area contributed by atoms with Gasteiger partial charge in [-0.15, -0.1) is 4.31 Å². The first kappa shape index (κ1) is 28.1. The van der Waals surface area contributed by atoms with Crippen molar-refractivity contribution in [3.8, 4) is 5.75 Å². The smallest absolute Gasteiger partial charge is 0.310 e. The van der Waals surface area contributed by atoms with Crippen molar-refractivity contribution in [2.45, 2.75) is 77.0 Å². The maximum atomic E-state index is 14.4. The van der Waals surface area contributed by atoms with Crippen molar-refractivity contribution in [2.75, 3.05) is 32.4 Å². The Hall–Kier alpha value is -2.01. The van der Waals surface area contributed by atoms with Crippen molar-refractivity contribution < 1.29 is 28.8 Å². The zero-order valence-corrected chi connectivity index (χ0v) is 24.8. The van der Waals surface area contributed by atoms with Crippen LogP contribution in [-0.4, -0.2) is 80.1 Å². The lowest BCUT2D eigenvalue weighted by Gasteiger charge is -2.47. The van der Waals surface area contributed by atoms with E-state index in [4.69, 9.17) is 16.3 Å². The summed E-state index contributed by atoms with van der Waals surface area (Å²) in [6.45, 7) is 3.81. The molecular weight excluding hydrogens is 554 g/mol. The highest BCUT2D eigenvalue weighted by molar-refractivity contribution is 7.88. The summed E-state index contributed by atoms with van der Waals surface area (Å²) in [5, 5.41) is 10.7. The van der Waals surface area contributed by atoms with Gasteiger partial charge in [-0.05, 0) is 62.1 Å². The van der Waals surface area contributed by atoms with E-state index in [1.807, 2.05) is 21.3 Å². The van der Waals surface area contributed by atoms with Crippen LogP contribution in [0.2, 0.25) is 5.02 Å². The minimum Gasteiger partial charge on any atom is -0.598 e. The Morgan fingerprint density at radius 3 is 2.60 bits per heavy atom. The van der Waals surface area contributed by atoms with Crippen molar-refractivity contribution in [2.24, 2.45) is 16.7 Å². The number of ether oxygens (including phenoxy) is 1. The number of carbonyl (C=O) groups is 3. The van der Waals surface area contributed by atoms with Crippen molar-refractivity contribution in [3.63, 3.8) is 0 Å². The number of carboxylic acid groups (broad SMARTS) is 1. The molecule has 40 heavy (non-hydrogen) atoms. The zero-order valence-electron chi connectivity index (χ0n) is 23.2. The van der Waals surface area contributed by atoms with Crippen LogP contribution in [0.5, 0.6) is 5.75 Å². The molecule has 2 aliphatic carbocycles. The standard InChI is InChI=1S/C29H38ClN3O6S/c1-28(27(36)37)10-4-3-5-20(28)26(35)32-14-9-19-21(30)6-7-22(39-18-8-13-31(16-18)40(2)38)24(19)25(32)33-17-29(11-12-29)15-23(33)34/h6-7,18,20,25H,3-5,8-17H2,1-2H3,(H,36,37)/t18?,20?,25?,28-,40?/m0/s1. The average Bonchev–Trinajstić information content (AvgIpc) is 3.35. The lowest BCUT2D eigenvalue weighted by atomic mass is 9.66. The SMILES string of the molecule is C[S+]([O-])N1CCC(Oc2ccc(Cl)c3c2C(N2CC4(CC4)CC2=O)N(C(=O)C2CCCC[C@]2(C)C(=O)O)CC3)C1. The molecule has 0 aromatic heterocycles. The fourth-order valence-electron chi connectivity index (χ4n) is 7.38. The van der Waals surface area contributed by atoms with E-state index < -0.39 is 34.8 Å². The Balaban J connectivity index is 1.40. The first-order valence-electron chi connectivity index (χ1n) is 14.4. The molecule has 1 N–H and O–H groups in total.